The van der Waals surface area contributed by atoms with E-state index in [2.05, 4.69) is 29.8 Å². The van der Waals surface area contributed by atoms with Crippen LogP contribution in [0.5, 0.6) is 5.75 Å². The lowest BCUT2D eigenvalue weighted by Crippen LogP contribution is -2.20. The van der Waals surface area contributed by atoms with Gasteiger partial charge in [-0.15, -0.1) is 0 Å². The molecule has 1 unspecified atom stereocenters. The maximum absolute atomic E-state index is 11.9. The number of hydrogen-bond acceptors (Lipinski definition) is 3. The molecule has 2 aromatic carbocycles. The third kappa shape index (κ3) is 5.08. The monoisotopic (exact) mass is 420 g/mol. The number of aliphatic carboxylic acids is 1. The Morgan fingerprint density at radius 3 is 2.19 bits per heavy atom. The molecule has 2 rings (SSSR count). The third-order valence-electron chi connectivity index (χ3n) is 4.14. The molecule has 2 N–H and O–H groups in total. The van der Waals surface area contributed by atoms with Gasteiger partial charge in [-0.05, 0) is 53.8 Å². The van der Waals surface area contributed by atoms with Gasteiger partial charge in [0, 0.05) is 10.0 Å². The molecular weight excluding hydrogens is 396 g/mol. The SMILES string of the molecule is CCCc1cc(CO)cc(CCC)c1OC(C(=O)O)c1cccc(Br)c1. The first kappa shape index (κ1) is 20.5. The first-order valence-electron chi connectivity index (χ1n) is 8.90. The zero-order valence-electron chi connectivity index (χ0n) is 15.2. The molecule has 4 nitrogen and oxygen atoms in total. The number of aryl methyl sites for hydroxylation is 2. The number of aliphatic hydroxyl groups excluding tert-OH is 1. The summed E-state index contributed by atoms with van der Waals surface area (Å²) in [5, 5.41) is 19.3. The van der Waals surface area contributed by atoms with Crippen LogP contribution in [0.25, 0.3) is 0 Å². The van der Waals surface area contributed by atoms with E-state index in [1.165, 1.54) is 0 Å². The van der Waals surface area contributed by atoms with Crippen molar-refractivity contribution in [3.8, 4) is 5.75 Å². The molecule has 0 amide bonds. The van der Waals surface area contributed by atoms with Crippen LogP contribution in [-0.2, 0) is 24.2 Å². The normalized spacial score (nSPS) is 12.0. The van der Waals surface area contributed by atoms with Gasteiger partial charge in [-0.1, -0.05) is 54.8 Å². The Kier molecular flexibility index (Phi) is 7.66. The van der Waals surface area contributed by atoms with Gasteiger partial charge in [0.15, 0.2) is 0 Å². The Labute approximate surface area is 163 Å². The molecule has 0 spiro atoms. The highest BCUT2D eigenvalue weighted by Crippen LogP contribution is 2.33. The second-order valence-corrected chi connectivity index (χ2v) is 7.21. The summed E-state index contributed by atoms with van der Waals surface area (Å²) in [6.45, 7) is 4.09. The second kappa shape index (κ2) is 9.74. The topological polar surface area (TPSA) is 66.8 Å². The van der Waals surface area contributed by atoms with Crippen molar-refractivity contribution in [3.05, 3.63) is 63.1 Å². The number of ether oxygens (including phenoxy) is 1. The molecule has 0 aliphatic rings. The van der Waals surface area contributed by atoms with Crippen molar-refractivity contribution >= 4 is 21.9 Å². The van der Waals surface area contributed by atoms with E-state index in [1.807, 2.05) is 18.2 Å². The molecule has 0 heterocycles. The van der Waals surface area contributed by atoms with Crippen LogP contribution in [0, 0.1) is 0 Å². The first-order valence-corrected chi connectivity index (χ1v) is 9.69. The van der Waals surface area contributed by atoms with Crippen LogP contribution in [0.4, 0.5) is 0 Å². The van der Waals surface area contributed by atoms with Crippen LogP contribution < -0.4 is 4.74 Å². The largest absolute Gasteiger partial charge is 0.478 e. The van der Waals surface area contributed by atoms with E-state index in [-0.39, 0.29) is 6.61 Å². The maximum atomic E-state index is 11.9. The molecule has 0 saturated heterocycles. The summed E-state index contributed by atoms with van der Waals surface area (Å²) in [5.41, 5.74) is 3.31. The highest BCUT2D eigenvalue weighted by atomic mass is 79.9. The number of rotatable bonds is 9. The lowest BCUT2D eigenvalue weighted by Gasteiger charge is -2.22. The van der Waals surface area contributed by atoms with E-state index in [1.54, 1.807) is 18.2 Å². The molecule has 140 valence electrons. The zero-order valence-corrected chi connectivity index (χ0v) is 16.8. The van der Waals surface area contributed by atoms with E-state index in [9.17, 15) is 15.0 Å². The van der Waals surface area contributed by atoms with Crippen LogP contribution >= 0.6 is 15.9 Å². The number of benzene rings is 2. The van der Waals surface area contributed by atoms with Crippen LogP contribution in [0.15, 0.2) is 40.9 Å². The Hall–Kier alpha value is -1.85. The Balaban J connectivity index is 2.51. The molecule has 0 bridgehead atoms. The average Bonchev–Trinajstić information content (AvgIpc) is 2.61. The molecule has 0 aliphatic heterocycles. The molecule has 26 heavy (non-hydrogen) atoms. The summed E-state index contributed by atoms with van der Waals surface area (Å²) < 4.78 is 6.89. The highest BCUT2D eigenvalue weighted by molar-refractivity contribution is 9.10. The lowest BCUT2D eigenvalue weighted by atomic mass is 9.98. The summed E-state index contributed by atoms with van der Waals surface area (Å²) in [6.07, 6.45) is 2.27. The van der Waals surface area contributed by atoms with Crippen molar-refractivity contribution in [1.29, 1.82) is 0 Å². The summed E-state index contributed by atoms with van der Waals surface area (Å²) in [4.78, 5) is 11.9. The number of aliphatic hydroxyl groups is 1. The Morgan fingerprint density at radius 1 is 1.12 bits per heavy atom. The average molecular weight is 421 g/mol. The third-order valence-corrected chi connectivity index (χ3v) is 4.63. The molecular formula is C21H25BrO4. The molecule has 0 aliphatic carbocycles. The molecule has 2 aromatic rings. The van der Waals surface area contributed by atoms with E-state index < -0.39 is 12.1 Å². The lowest BCUT2D eigenvalue weighted by molar-refractivity contribution is -0.145. The fourth-order valence-electron chi connectivity index (χ4n) is 3.03. The van der Waals surface area contributed by atoms with E-state index in [4.69, 9.17) is 4.74 Å². The van der Waals surface area contributed by atoms with Gasteiger partial charge in [0.25, 0.3) is 0 Å². The Morgan fingerprint density at radius 2 is 1.73 bits per heavy atom. The zero-order chi connectivity index (χ0) is 19.1. The van der Waals surface area contributed by atoms with Gasteiger partial charge in [0.05, 0.1) is 6.61 Å². The number of carbonyl (C=O) groups is 1. The van der Waals surface area contributed by atoms with Crippen molar-refractivity contribution in [3.63, 3.8) is 0 Å². The standard InChI is InChI=1S/C21H25BrO4/c1-3-6-15-10-14(13-23)11-16(7-4-2)19(15)26-20(21(24)25)17-8-5-9-18(22)12-17/h5,8-12,20,23H,3-4,6-7,13H2,1-2H3,(H,24,25). The van der Waals surface area contributed by atoms with Gasteiger partial charge in [0.2, 0.25) is 6.10 Å². The quantitative estimate of drug-likeness (QED) is 0.595. The van der Waals surface area contributed by atoms with E-state index in [0.717, 1.165) is 46.8 Å². The highest BCUT2D eigenvalue weighted by Gasteiger charge is 2.25. The second-order valence-electron chi connectivity index (χ2n) is 6.29. The van der Waals surface area contributed by atoms with Crippen LogP contribution in [0.1, 0.15) is 55.0 Å². The minimum atomic E-state index is -1.08. The molecule has 5 heteroatoms. The number of halogens is 1. The van der Waals surface area contributed by atoms with Crippen molar-refractivity contribution in [2.45, 2.75) is 52.2 Å². The van der Waals surface area contributed by atoms with Gasteiger partial charge < -0.3 is 14.9 Å². The summed E-state index contributed by atoms with van der Waals surface area (Å²) in [7, 11) is 0. The maximum Gasteiger partial charge on any atom is 0.349 e. The molecule has 0 fully saturated rings. The van der Waals surface area contributed by atoms with Crippen molar-refractivity contribution in [2.24, 2.45) is 0 Å². The van der Waals surface area contributed by atoms with E-state index >= 15 is 0 Å². The predicted molar refractivity (Wildman–Crippen MR) is 106 cm³/mol. The fraction of sp³-hybridized carbons (Fsp3) is 0.381. The molecule has 0 aromatic heterocycles. The van der Waals surface area contributed by atoms with Crippen LogP contribution in [0.3, 0.4) is 0 Å². The van der Waals surface area contributed by atoms with Crippen LogP contribution in [-0.4, -0.2) is 16.2 Å². The van der Waals surface area contributed by atoms with Gasteiger partial charge in [-0.25, -0.2) is 4.79 Å². The summed E-state index contributed by atoms with van der Waals surface area (Å²) in [6, 6.07) is 11.0. The Bertz CT molecular complexity index is 730. The molecule has 0 radical (unpaired) electrons. The molecule has 1 atom stereocenters. The van der Waals surface area contributed by atoms with Gasteiger partial charge in [-0.3, -0.25) is 0 Å². The summed E-state index contributed by atoms with van der Waals surface area (Å²) >= 11 is 3.39. The molecule has 0 saturated carbocycles. The summed E-state index contributed by atoms with van der Waals surface area (Å²) in [5.74, 6) is -0.391. The van der Waals surface area contributed by atoms with Crippen LogP contribution in [0.2, 0.25) is 0 Å². The van der Waals surface area contributed by atoms with Crippen molar-refractivity contribution in [2.75, 3.05) is 0 Å². The number of carboxylic acids is 1. The van der Waals surface area contributed by atoms with E-state index in [0.29, 0.717) is 11.3 Å². The first-order chi connectivity index (χ1) is 12.5. The van der Waals surface area contributed by atoms with Crippen molar-refractivity contribution < 1.29 is 19.7 Å². The van der Waals surface area contributed by atoms with Gasteiger partial charge in [-0.2, -0.15) is 0 Å². The predicted octanol–water partition coefficient (Wildman–Crippen LogP) is 5.05. The van der Waals surface area contributed by atoms with Gasteiger partial charge in [0.1, 0.15) is 5.75 Å². The van der Waals surface area contributed by atoms with Gasteiger partial charge >= 0.3 is 5.97 Å². The minimum Gasteiger partial charge on any atom is -0.478 e. The fourth-order valence-corrected chi connectivity index (χ4v) is 3.44. The minimum absolute atomic E-state index is 0.0400. The number of carboxylic acid groups (broad SMARTS) is 1. The smallest absolute Gasteiger partial charge is 0.349 e. The van der Waals surface area contributed by atoms with Crippen molar-refractivity contribution in [1.82, 2.24) is 0 Å². The number of hydrogen-bond donors (Lipinski definition) is 2.